The van der Waals surface area contributed by atoms with Gasteiger partial charge >= 0.3 is 0 Å². The topological polar surface area (TPSA) is 62.2 Å². The van der Waals surface area contributed by atoms with Gasteiger partial charge in [0.2, 0.25) is 0 Å². The fourth-order valence-corrected chi connectivity index (χ4v) is 3.54. The highest BCUT2D eigenvalue weighted by atomic mass is 35.5. The second-order valence-electron chi connectivity index (χ2n) is 4.09. The van der Waals surface area contributed by atoms with Crippen molar-refractivity contribution in [1.29, 1.82) is 0 Å². The van der Waals surface area contributed by atoms with Gasteiger partial charge in [-0.3, -0.25) is 4.79 Å². The molecule has 2 N–H and O–H groups in total. The van der Waals surface area contributed by atoms with Gasteiger partial charge in [-0.1, -0.05) is 11.6 Å². The molecule has 2 aromatic rings. The van der Waals surface area contributed by atoms with Crippen LogP contribution in [0.5, 0.6) is 0 Å². The summed E-state index contributed by atoms with van der Waals surface area (Å²) in [6.45, 7) is 3.46. The number of hydrogen-bond acceptors (Lipinski definition) is 5. The van der Waals surface area contributed by atoms with Crippen LogP contribution < -0.4 is 5.32 Å². The third-order valence-corrected chi connectivity index (χ3v) is 4.99. The van der Waals surface area contributed by atoms with E-state index in [-0.39, 0.29) is 18.6 Å². The summed E-state index contributed by atoms with van der Waals surface area (Å²) in [4.78, 5) is 17.9. The Balaban J connectivity index is 2.24. The fraction of sp³-hybridized carbons (Fsp3) is 0.333. The number of nitrogens with zero attached hydrogens (tertiary/aromatic N) is 1. The summed E-state index contributed by atoms with van der Waals surface area (Å²) in [5, 5.41) is 12.4. The van der Waals surface area contributed by atoms with Crippen LogP contribution >= 0.6 is 34.3 Å². The van der Waals surface area contributed by atoms with Crippen LogP contribution in [-0.2, 0) is 0 Å². The van der Waals surface area contributed by atoms with Gasteiger partial charge in [0.05, 0.1) is 21.5 Å². The van der Waals surface area contributed by atoms with E-state index in [0.717, 1.165) is 9.88 Å². The molecule has 0 aliphatic heterocycles. The highest BCUT2D eigenvalue weighted by Gasteiger charge is 2.18. The van der Waals surface area contributed by atoms with Crippen LogP contribution in [0.25, 0.3) is 9.88 Å². The maximum absolute atomic E-state index is 12.0. The van der Waals surface area contributed by atoms with Crippen molar-refractivity contribution in [3.8, 4) is 9.88 Å². The number of aryl methyl sites for hydroxylation is 1. The van der Waals surface area contributed by atoms with E-state index >= 15 is 0 Å². The number of carbonyl (C=O) groups is 1. The van der Waals surface area contributed by atoms with Crippen molar-refractivity contribution in [2.45, 2.75) is 19.9 Å². The quantitative estimate of drug-likeness (QED) is 0.911. The van der Waals surface area contributed by atoms with Crippen LogP contribution in [0, 0.1) is 6.92 Å². The molecule has 102 valence electrons. The van der Waals surface area contributed by atoms with Crippen molar-refractivity contribution in [3.63, 3.8) is 0 Å². The standard InChI is InChI=1S/C12H13ClN2O2S2/c1-6(5-16)14-11(17)10-7(2)15-12(19-10)8-3-4-9(13)18-8/h3-4,6,16H,5H2,1-2H3,(H,14,17). The molecule has 1 atom stereocenters. The molecule has 0 saturated carbocycles. The molecule has 1 unspecified atom stereocenters. The van der Waals surface area contributed by atoms with Gasteiger partial charge in [-0.05, 0) is 26.0 Å². The molecule has 2 heterocycles. The summed E-state index contributed by atoms with van der Waals surface area (Å²) < 4.78 is 0.697. The minimum atomic E-state index is -0.270. The van der Waals surface area contributed by atoms with Crippen LogP contribution in [-0.4, -0.2) is 28.6 Å². The van der Waals surface area contributed by atoms with Gasteiger partial charge in [-0.15, -0.1) is 22.7 Å². The number of thiazole rings is 1. The summed E-state index contributed by atoms with van der Waals surface area (Å²) in [5.74, 6) is -0.203. The number of thiophene rings is 1. The highest BCUT2D eigenvalue weighted by molar-refractivity contribution is 7.24. The molecule has 0 aliphatic carbocycles. The maximum Gasteiger partial charge on any atom is 0.263 e. The van der Waals surface area contributed by atoms with Gasteiger partial charge in [0, 0.05) is 6.04 Å². The molecule has 7 heteroatoms. The molecular formula is C12H13ClN2O2S2. The number of nitrogens with one attached hydrogen (secondary N) is 1. The fourth-order valence-electron chi connectivity index (χ4n) is 1.48. The third kappa shape index (κ3) is 3.33. The lowest BCUT2D eigenvalue weighted by atomic mass is 10.3. The number of aliphatic hydroxyl groups is 1. The summed E-state index contributed by atoms with van der Waals surface area (Å²) in [6.07, 6.45) is 0. The number of aromatic nitrogens is 1. The van der Waals surface area contributed by atoms with Crippen LogP contribution in [0.4, 0.5) is 0 Å². The molecule has 0 spiro atoms. The lowest BCUT2D eigenvalue weighted by Gasteiger charge is -2.09. The Morgan fingerprint density at radius 3 is 2.84 bits per heavy atom. The first-order valence-electron chi connectivity index (χ1n) is 5.66. The Hall–Kier alpha value is -0.950. The van der Waals surface area contributed by atoms with E-state index in [9.17, 15) is 4.79 Å². The average molecular weight is 317 g/mol. The molecule has 0 saturated heterocycles. The predicted molar refractivity (Wildman–Crippen MR) is 79.2 cm³/mol. The molecule has 1 amide bonds. The Morgan fingerprint density at radius 2 is 2.26 bits per heavy atom. The number of amides is 1. The number of carbonyl (C=O) groups excluding carboxylic acids is 1. The van der Waals surface area contributed by atoms with Gasteiger partial charge < -0.3 is 10.4 Å². The lowest BCUT2D eigenvalue weighted by Crippen LogP contribution is -2.34. The zero-order valence-electron chi connectivity index (χ0n) is 10.4. The van der Waals surface area contributed by atoms with E-state index in [2.05, 4.69) is 10.3 Å². The van der Waals surface area contributed by atoms with E-state index in [1.807, 2.05) is 12.1 Å². The second kappa shape index (κ2) is 6.00. The van der Waals surface area contributed by atoms with Gasteiger partial charge in [-0.2, -0.15) is 0 Å². The second-order valence-corrected chi connectivity index (χ2v) is 6.81. The van der Waals surface area contributed by atoms with Crippen molar-refractivity contribution in [2.75, 3.05) is 6.61 Å². The van der Waals surface area contributed by atoms with Crippen LogP contribution in [0.3, 0.4) is 0 Å². The Kier molecular flexibility index (Phi) is 4.57. The van der Waals surface area contributed by atoms with E-state index < -0.39 is 0 Å². The molecule has 4 nitrogen and oxygen atoms in total. The van der Waals surface area contributed by atoms with Crippen LogP contribution in [0.2, 0.25) is 4.34 Å². The van der Waals surface area contributed by atoms with Crippen molar-refractivity contribution < 1.29 is 9.90 Å². The van der Waals surface area contributed by atoms with E-state index in [4.69, 9.17) is 16.7 Å². The maximum atomic E-state index is 12.0. The Morgan fingerprint density at radius 1 is 1.53 bits per heavy atom. The van der Waals surface area contributed by atoms with E-state index in [0.29, 0.717) is 14.9 Å². The molecule has 0 aromatic carbocycles. The van der Waals surface area contributed by atoms with E-state index in [1.165, 1.54) is 22.7 Å². The molecule has 2 aromatic heterocycles. The Bertz CT molecular complexity index is 594. The zero-order valence-corrected chi connectivity index (χ0v) is 12.8. The van der Waals surface area contributed by atoms with Crippen molar-refractivity contribution in [3.05, 3.63) is 27.0 Å². The first kappa shape index (κ1) is 14.5. The van der Waals surface area contributed by atoms with Gasteiger partial charge in [0.25, 0.3) is 5.91 Å². The van der Waals surface area contributed by atoms with Gasteiger partial charge in [-0.25, -0.2) is 4.98 Å². The lowest BCUT2D eigenvalue weighted by molar-refractivity contribution is 0.0925. The number of rotatable bonds is 4. The normalized spacial score (nSPS) is 12.4. The molecule has 19 heavy (non-hydrogen) atoms. The molecule has 0 bridgehead atoms. The number of hydrogen-bond donors (Lipinski definition) is 2. The Labute approximate surface area is 124 Å². The first-order chi connectivity index (χ1) is 9.01. The van der Waals surface area contributed by atoms with Crippen molar-refractivity contribution in [1.82, 2.24) is 10.3 Å². The minimum absolute atomic E-state index is 0.0863. The highest BCUT2D eigenvalue weighted by Crippen LogP contribution is 2.34. The predicted octanol–water partition coefficient (Wildman–Crippen LogP) is 2.94. The largest absolute Gasteiger partial charge is 0.394 e. The number of halogens is 1. The molecular weight excluding hydrogens is 304 g/mol. The summed E-state index contributed by atoms with van der Waals surface area (Å²) >= 11 is 8.66. The van der Waals surface area contributed by atoms with E-state index in [1.54, 1.807) is 13.8 Å². The van der Waals surface area contributed by atoms with Gasteiger partial charge in [0.15, 0.2) is 0 Å². The minimum Gasteiger partial charge on any atom is -0.394 e. The molecule has 2 rings (SSSR count). The molecule has 0 aliphatic rings. The summed E-state index contributed by atoms with van der Waals surface area (Å²) in [7, 11) is 0. The zero-order chi connectivity index (χ0) is 14.0. The number of aliphatic hydroxyl groups excluding tert-OH is 1. The third-order valence-electron chi connectivity index (χ3n) is 2.44. The smallest absolute Gasteiger partial charge is 0.263 e. The average Bonchev–Trinajstić information content (AvgIpc) is 2.95. The first-order valence-corrected chi connectivity index (χ1v) is 7.67. The molecule has 0 fully saturated rings. The van der Waals surface area contributed by atoms with Gasteiger partial charge in [0.1, 0.15) is 9.88 Å². The molecule has 0 radical (unpaired) electrons. The van der Waals surface area contributed by atoms with Crippen molar-refractivity contribution in [2.24, 2.45) is 0 Å². The summed E-state index contributed by atoms with van der Waals surface area (Å²) in [6, 6.07) is 3.43. The van der Waals surface area contributed by atoms with Crippen LogP contribution in [0.15, 0.2) is 12.1 Å². The summed E-state index contributed by atoms with van der Waals surface area (Å²) in [5.41, 5.74) is 0.687. The SMILES string of the molecule is Cc1nc(-c2ccc(Cl)s2)sc1C(=O)NC(C)CO. The van der Waals surface area contributed by atoms with Crippen molar-refractivity contribution >= 4 is 40.2 Å². The monoisotopic (exact) mass is 316 g/mol. The van der Waals surface area contributed by atoms with Crippen LogP contribution in [0.1, 0.15) is 22.3 Å².